The summed E-state index contributed by atoms with van der Waals surface area (Å²) < 4.78 is 43.0. The predicted molar refractivity (Wildman–Crippen MR) is 65.3 cm³/mol. The lowest BCUT2D eigenvalue weighted by Crippen LogP contribution is -2.30. The minimum absolute atomic E-state index is 0.0956. The summed E-state index contributed by atoms with van der Waals surface area (Å²) in [6.07, 6.45) is -4.61. The summed E-state index contributed by atoms with van der Waals surface area (Å²) in [5, 5.41) is -0.609. The minimum Gasteiger partial charge on any atom is -0.414 e. The number of benzene rings is 1. The quantitative estimate of drug-likeness (QED) is 0.814. The number of nitrogens with zero attached hydrogens (tertiary/aromatic N) is 1. The van der Waals surface area contributed by atoms with Crippen LogP contribution in [-0.4, -0.2) is 4.57 Å². The number of aryl methyl sites for hydroxylation is 1. The van der Waals surface area contributed by atoms with E-state index in [2.05, 4.69) is 0 Å². The van der Waals surface area contributed by atoms with E-state index in [0.29, 0.717) is 10.6 Å². The molecule has 0 saturated heterocycles. The zero-order chi connectivity index (χ0) is 15.1. The van der Waals surface area contributed by atoms with Gasteiger partial charge in [0.15, 0.2) is 0 Å². The molecule has 106 valence electrons. The molecule has 1 heterocycles. The summed E-state index contributed by atoms with van der Waals surface area (Å²) in [4.78, 5) is 23.3. The molecule has 0 bridgehead atoms. The average Bonchev–Trinajstić information content (AvgIpc) is 2.25. The maximum absolute atomic E-state index is 12.6. The lowest BCUT2D eigenvalue weighted by Gasteiger charge is -2.10. The highest BCUT2D eigenvalue weighted by molar-refractivity contribution is 6.31. The molecule has 0 unspecified atom stereocenters. The molecule has 20 heavy (non-hydrogen) atoms. The van der Waals surface area contributed by atoms with Gasteiger partial charge in [0.25, 0.3) is 5.56 Å². The van der Waals surface area contributed by atoms with Crippen molar-refractivity contribution in [3.8, 4) is 5.69 Å². The third-order valence-electron chi connectivity index (χ3n) is 2.49. The zero-order valence-corrected chi connectivity index (χ0v) is 10.7. The van der Waals surface area contributed by atoms with Gasteiger partial charge in [-0.3, -0.25) is 4.79 Å². The molecule has 2 aromatic rings. The van der Waals surface area contributed by atoms with Crippen molar-refractivity contribution in [2.24, 2.45) is 0 Å². The fourth-order valence-electron chi connectivity index (χ4n) is 1.65. The van der Waals surface area contributed by atoms with Crippen LogP contribution < -0.4 is 11.3 Å². The van der Waals surface area contributed by atoms with Crippen LogP contribution in [0.15, 0.2) is 38.3 Å². The molecule has 1 aromatic heterocycles. The maximum atomic E-state index is 12.6. The SMILES string of the molecule is Cc1cc(=O)n(-c2ccc(C(F)(F)F)c(Cl)c2)c(=O)o1. The van der Waals surface area contributed by atoms with E-state index in [4.69, 9.17) is 16.0 Å². The Morgan fingerprint density at radius 1 is 1.20 bits per heavy atom. The third kappa shape index (κ3) is 2.62. The average molecular weight is 306 g/mol. The van der Waals surface area contributed by atoms with Crippen molar-refractivity contribution in [2.45, 2.75) is 13.1 Å². The molecule has 1 aromatic carbocycles. The highest BCUT2D eigenvalue weighted by Crippen LogP contribution is 2.35. The molecule has 0 fully saturated rings. The molecule has 0 radical (unpaired) electrons. The summed E-state index contributed by atoms with van der Waals surface area (Å²) >= 11 is 5.53. The molecule has 0 saturated carbocycles. The molecule has 0 atom stereocenters. The molecule has 8 heteroatoms. The van der Waals surface area contributed by atoms with Crippen LogP contribution in [0, 0.1) is 6.92 Å². The van der Waals surface area contributed by atoms with E-state index in [1.807, 2.05) is 0 Å². The van der Waals surface area contributed by atoms with Crippen molar-refractivity contribution >= 4 is 11.6 Å². The Morgan fingerprint density at radius 3 is 2.35 bits per heavy atom. The first-order valence-electron chi connectivity index (χ1n) is 5.31. The van der Waals surface area contributed by atoms with E-state index in [1.165, 1.54) is 6.92 Å². The highest BCUT2D eigenvalue weighted by Gasteiger charge is 2.33. The van der Waals surface area contributed by atoms with Crippen molar-refractivity contribution in [2.75, 3.05) is 0 Å². The Morgan fingerprint density at radius 2 is 1.85 bits per heavy atom. The monoisotopic (exact) mass is 305 g/mol. The van der Waals surface area contributed by atoms with Gasteiger partial charge in [-0.25, -0.2) is 9.36 Å². The van der Waals surface area contributed by atoms with Gasteiger partial charge in [-0.2, -0.15) is 13.2 Å². The van der Waals surface area contributed by atoms with Crippen LogP contribution in [-0.2, 0) is 6.18 Å². The molecule has 4 nitrogen and oxygen atoms in total. The van der Waals surface area contributed by atoms with Gasteiger partial charge >= 0.3 is 11.9 Å². The fourth-order valence-corrected chi connectivity index (χ4v) is 1.93. The van der Waals surface area contributed by atoms with Crippen LogP contribution in [0.5, 0.6) is 0 Å². The van der Waals surface area contributed by atoms with Gasteiger partial charge in [-0.15, -0.1) is 0 Å². The molecule has 0 amide bonds. The van der Waals surface area contributed by atoms with Gasteiger partial charge in [0.1, 0.15) is 5.76 Å². The lowest BCUT2D eigenvalue weighted by molar-refractivity contribution is -0.137. The predicted octanol–water partition coefficient (Wildman–Crippen LogP) is 2.77. The molecule has 0 aliphatic rings. The van der Waals surface area contributed by atoms with Crippen LogP contribution in [0.25, 0.3) is 5.69 Å². The molecule has 2 rings (SSSR count). The minimum atomic E-state index is -4.61. The number of hydrogen-bond donors (Lipinski definition) is 0. The number of alkyl halides is 3. The van der Waals surface area contributed by atoms with Gasteiger partial charge < -0.3 is 4.42 Å². The normalized spacial score (nSPS) is 11.7. The number of halogens is 4. The van der Waals surface area contributed by atoms with E-state index in [-0.39, 0.29) is 11.4 Å². The number of hydrogen-bond acceptors (Lipinski definition) is 3. The molecule has 0 N–H and O–H groups in total. The summed E-state index contributed by atoms with van der Waals surface area (Å²) in [7, 11) is 0. The van der Waals surface area contributed by atoms with E-state index in [0.717, 1.165) is 18.2 Å². The second-order valence-electron chi connectivity index (χ2n) is 3.96. The van der Waals surface area contributed by atoms with Gasteiger partial charge in [-0.1, -0.05) is 11.6 Å². The third-order valence-corrected chi connectivity index (χ3v) is 2.81. The molecule has 0 spiro atoms. The highest BCUT2D eigenvalue weighted by atomic mass is 35.5. The molecule has 0 aliphatic heterocycles. The second-order valence-corrected chi connectivity index (χ2v) is 4.37. The Bertz CT molecular complexity index is 745. The summed E-state index contributed by atoms with van der Waals surface area (Å²) in [5.74, 6) is -0.889. The van der Waals surface area contributed by atoms with Crippen LogP contribution >= 0.6 is 11.6 Å². The van der Waals surface area contributed by atoms with Gasteiger partial charge in [0, 0.05) is 6.07 Å². The fraction of sp³-hybridized carbons (Fsp3) is 0.167. The number of aromatic nitrogens is 1. The first-order valence-corrected chi connectivity index (χ1v) is 5.69. The summed E-state index contributed by atoms with van der Waals surface area (Å²) in [6.45, 7) is 1.41. The van der Waals surface area contributed by atoms with E-state index in [9.17, 15) is 22.8 Å². The van der Waals surface area contributed by atoms with Crippen molar-refractivity contribution in [3.05, 3.63) is 61.5 Å². The van der Waals surface area contributed by atoms with Gasteiger partial charge in [-0.05, 0) is 25.1 Å². The van der Waals surface area contributed by atoms with Gasteiger partial charge in [0.05, 0.1) is 16.3 Å². The van der Waals surface area contributed by atoms with Crippen molar-refractivity contribution in [1.82, 2.24) is 4.57 Å². The summed E-state index contributed by atoms with van der Waals surface area (Å²) in [5.41, 5.74) is -1.86. The Balaban J connectivity index is 2.65. The Labute approximate surface area is 115 Å². The zero-order valence-electron chi connectivity index (χ0n) is 9.99. The first-order chi connectivity index (χ1) is 9.20. The molecular formula is C12H7ClF3NO3. The largest absolute Gasteiger partial charge is 0.426 e. The molecule has 0 aliphatic carbocycles. The summed E-state index contributed by atoms with van der Waals surface area (Å²) in [6, 6.07) is 3.61. The van der Waals surface area contributed by atoms with Crippen molar-refractivity contribution in [1.29, 1.82) is 0 Å². The van der Waals surface area contributed by atoms with E-state index < -0.39 is 28.1 Å². The van der Waals surface area contributed by atoms with Crippen LogP contribution in [0.4, 0.5) is 13.2 Å². The van der Waals surface area contributed by atoms with E-state index >= 15 is 0 Å². The maximum Gasteiger partial charge on any atom is 0.426 e. The smallest absolute Gasteiger partial charge is 0.414 e. The topological polar surface area (TPSA) is 52.2 Å². The van der Waals surface area contributed by atoms with Crippen LogP contribution in [0.2, 0.25) is 5.02 Å². The molecular weight excluding hydrogens is 299 g/mol. The Kier molecular flexibility index (Phi) is 3.47. The van der Waals surface area contributed by atoms with Gasteiger partial charge in [0.2, 0.25) is 0 Å². The first kappa shape index (κ1) is 14.4. The van der Waals surface area contributed by atoms with Crippen LogP contribution in [0.3, 0.4) is 0 Å². The lowest BCUT2D eigenvalue weighted by atomic mass is 10.2. The Hall–Kier alpha value is -2.02. The number of rotatable bonds is 1. The second kappa shape index (κ2) is 4.82. The standard InChI is InChI=1S/C12H7ClF3NO3/c1-6-4-10(18)17(11(19)20-6)7-2-3-8(9(13)5-7)12(14,15)16/h2-5H,1H3. The van der Waals surface area contributed by atoms with Crippen molar-refractivity contribution < 1.29 is 17.6 Å². The van der Waals surface area contributed by atoms with E-state index in [1.54, 1.807) is 0 Å². The van der Waals surface area contributed by atoms with Crippen molar-refractivity contribution in [3.63, 3.8) is 0 Å². The van der Waals surface area contributed by atoms with Crippen LogP contribution in [0.1, 0.15) is 11.3 Å².